The highest BCUT2D eigenvalue weighted by molar-refractivity contribution is 5.76. The summed E-state index contributed by atoms with van der Waals surface area (Å²) in [4.78, 5) is 2.50. The van der Waals surface area contributed by atoms with Gasteiger partial charge in [-0.1, -0.05) is 30.3 Å². The number of nitrogens with two attached hydrogens (primary N) is 1. The lowest BCUT2D eigenvalue weighted by molar-refractivity contribution is 0.267. The molecule has 1 aliphatic carbocycles. The highest BCUT2D eigenvalue weighted by Gasteiger charge is 2.28. The van der Waals surface area contributed by atoms with Crippen LogP contribution in [0.4, 0.5) is 0 Å². The van der Waals surface area contributed by atoms with E-state index >= 15 is 0 Å². The van der Waals surface area contributed by atoms with Crippen LogP contribution >= 0.6 is 0 Å². The molecule has 0 atom stereocenters. The Kier molecular flexibility index (Phi) is 4.76. The zero-order chi connectivity index (χ0) is 12.8. The van der Waals surface area contributed by atoms with Crippen molar-refractivity contribution in [3.05, 3.63) is 35.9 Å². The molecule has 0 amide bonds. The zero-order valence-corrected chi connectivity index (χ0v) is 10.9. The van der Waals surface area contributed by atoms with Crippen LogP contribution in [0.3, 0.4) is 0 Å². The van der Waals surface area contributed by atoms with Crippen molar-refractivity contribution in [3.8, 4) is 0 Å². The molecule has 0 unspecified atom stereocenters. The van der Waals surface area contributed by atoms with Gasteiger partial charge in [-0.05, 0) is 37.8 Å². The van der Waals surface area contributed by atoms with Crippen molar-refractivity contribution in [2.24, 2.45) is 5.73 Å². The lowest BCUT2D eigenvalue weighted by atomic mass is 10.1. The summed E-state index contributed by atoms with van der Waals surface area (Å²) in [5.74, 6) is 0.309. The van der Waals surface area contributed by atoms with Crippen molar-refractivity contribution in [2.75, 3.05) is 13.1 Å². The molecule has 3 N–H and O–H groups in total. The van der Waals surface area contributed by atoms with Crippen molar-refractivity contribution in [2.45, 2.75) is 38.1 Å². The predicted molar refractivity (Wildman–Crippen MR) is 75.9 cm³/mol. The zero-order valence-electron chi connectivity index (χ0n) is 10.9. The molecule has 1 saturated carbocycles. The van der Waals surface area contributed by atoms with Gasteiger partial charge < -0.3 is 5.73 Å². The van der Waals surface area contributed by atoms with Crippen LogP contribution in [0.5, 0.6) is 0 Å². The average Bonchev–Trinajstić information content (AvgIpc) is 3.19. The minimum absolute atomic E-state index is 0.309. The Morgan fingerprint density at radius 2 is 1.94 bits per heavy atom. The third-order valence-electron chi connectivity index (χ3n) is 3.49. The fourth-order valence-electron chi connectivity index (χ4n) is 2.31. The molecule has 3 nitrogen and oxygen atoms in total. The van der Waals surface area contributed by atoms with E-state index in [1.165, 1.54) is 24.8 Å². The van der Waals surface area contributed by atoms with Gasteiger partial charge in [0.05, 0.1) is 5.84 Å². The van der Waals surface area contributed by atoms with E-state index < -0.39 is 0 Å². The molecule has 98 valence electrons. The van der Waals surface area contributed by atoms with E-state index in [-0.39, 0.29) is 0 Å². The molecular weight excluding hydrogens is 222 g/mol. The molecule has 0 heterocycles. The Hall–Kier alpha value is -1.35. The van der Waals surface area contributed by atoms with Gasteiger partial charge in [0.15, 0.2) is 0 Å². The van der Waals surface area contributed by atoms with Crippen molar-refractivity contribution in [1.82, 2.24) is 4.90 Å². The topological polar surface area (TPSA) is 53.1 Å². The van der Waals surface area contributed by atoms with Gasteiger partial charge in [0, 0.05) is 19.0 Å². The first kappa shape index (κ1) is 13.1. The third-order valence-corrected chi connectivity index (χ3v) is 3.49. The van der Waals surface area contributed by atoms with Gasteiger partial charge in [0.25, 0.3) is 0 Å². The molecule has 1 fully saturated rings. The number of aryl methyl sites for hydroxylation is 1. The Balaban J connectivity index is 1.71. The van der Waals surface area contributed by atoms with Gasteiger partial charge >= 0.3 is 0 Å². The molecular formula is C15H23N3. The first-order valence-electron chi connectivity index (χ1n) is 6.86. The predicted octanol–water partition coefficient (Wildman–Crippen LogP) is 2.41. The summed E-state index contributed by atoms with van der Waals surface area (Å²) in [5, 5.41) is 7.31. The first-order chi connectivity index (χ1) is 8.75. The van der Waals surface area contributed by atoms with Crippen LogP contribution in [0.25, 0.3) is 0 Å². The number of rotatable bonds is 8. The maximum absolute atomic E-state index is 7.31. The van der Waals surface area contributed by atoms with Crippen LogP contribution in [0.15, 0.2) is 30.3 Å². The molecule has 0 bridgehead atoms. The molecule has 2 rings (SSSR count). The summed E-state index contributed by atoms with van der Waals surface area (Å²) in [6.45, 7) is 2.08. The lowest BCUT2D eigenvalue weighted by Crippen LogP contribution is -2.31. The Morgan fingerprint density at radius 1 is 1.22 bits per heavy atom. The Labute approximate surface area is 109 Å². The summed E-state index contributed by atoms with van der Waals surface area (Å²) in [6.07, 6.45) is 5.69. The molecule has 0 radical (unpaired) electrons. The molecule has 0 aromatic heterocycles. The Bertz CT molecular complexity index is 371. The number of benzene rings is 1. The molecule has 0 saturated heterocycles. The van der Waals surface area contributed by atoms with Crippen LogP contribution in [-0.2, 0) is 6.42 Å². The molecule has 3 heteroatoms. The van der Waals surface area contributed by atoms with Crippen molar-refractivity contribution < 1.29 is 0 Å². The van der Waals surface area contributed by atoms with Crippen LogP contribution in [-0.4, -0.2) is 29.9 Å². The second kappa shape index (κ2) is 6.55. The summed E-state index contributed by atoms with van der Waals surface area (Å²) in [5.41, 5.74) is 6.85. The third kappa shape index (κ3) is 4.49. The quantitative estimate of drug-likeness (QED) is 0.546. The van der Waals surface area contributed by atoms with Crippen molar-refractivity contribution in [3.63, 3.8) is 0 Å². The fraction of sp³-hybridized carbons (Fsp3) is 0.533. The second-order valence-corrected chi connectivity index (χ2v) is 5.13. The maximum Gasteiger partial charge on any atom is 0.0918 e. The second-order valence-electron chi connectivity index (χ2n) is 5.13. The first-order valence-corrected chi connectivity index (χ1v) is 6.86. The van der Waals surface area contributed by atoms with Crippen LogP contribution < -0.4 is 5.73 Å². The van der Waals surface area contributed by atoms with Gasteiger partial charge in [0.2, 0.25) is 0 Å². The van der Waals surface area contributed by atoms with Crippen molar-refractivity contribution >= 4 is 5.84 Å². The Morgan fingerprint density at radius 3 is 2.56 bits per heavy atom. The maximum atomic E-state index is 7.31. The molecule has 1 aromatic carbocycles. The van der Waals surface area contributed by atoms with Crippen molar-refractivity contribution in [1.29, 1.82) is 5.41 Å². The van der Waals surface area contributed by atoms with Crippen LogP contribution in [0, 0.1) is 5.41 Å². The number of hydrogen-bond donors (Lipinski definition) is 2. The fourth-order valence-corrected chi connectivity index (χ4v) is 2.31. The SMILES string of the molecule is N=C(N)CCN(CCCc1ccccc1)C1CC1. The minimum atomic E-state index is 0.309. The highest BCUT2D eigenvalue weighted by Crippen LogP contribution is 2.27. The van der Waals surface area contributed by atoms with Gasteiger partial charge in [-0.2, -0.15) is 0 Å². The largest absolute Gasteiger partial charge is 0.388 e. The normalized spacial score (nSPS) is 14.9. The van der Waals surface area contributed by atoms with E-state index in [1.807, 2.05) is 0 Å². The number of nitrogens with one attached hydrogen (secondary N) is 1. The van der Waals surface area contributed by atoms with E-state index in [9.17, 15) is 0 Å². The van der Waals surface area contributed by atoms with Gasteiger partial charge in [-0.25, -0.2) is 0 Å². The van der Waals surface area contributed by atoms with Gasteiger partial charge in [0.1, 0.15) is 0 Å². The molecule has 18 heavy (non-hydrogen) atoms. The molecule has 0 spiro atoms. The van der Waals surface area contributed by atoms with E-state index in [0.29, 0.717) is 12.3 Å². The van der Waals surface area contributed by atoms with E-state index in [2.05, 4.69) is 35.2 Å². The molecule has 1 aromatic rings. The van der Waals surface area contributed by atoms with E-state index in [0.717, 1.165) is 25.6 Å². The summed E-state index contributed by atoms with van der Waals surface area (Å²) in [6, 6.07) is 11.4. The number of amidine groups is 1. The molecule has 0 aliphatic heterocycles. The average molecular weight is 245 g/mol. The summed E-state index contributed by atoms with van der Waals surface area (Å²) in [7, 11) is 0. The lowest BCUT2D eigenvalue weighted by Gasteiger charge is -2.21. The van der Waals surface area contributed by atoms with Gasteiger partial charge in [-0.15, -0.1) is 0 Å². The molecule has 1 aliphatic rings. The monoisotopic (exact) mass is 245 g/mol. The highest BCUT2D eigenvalue weighted by atomic mass is 15.2. The van der Waals surface area contributed by atoms with E-state index in [1.54, 1.807) is 0 Å². The number of hydrogen-bond acceptors (Lipinski definition) is 2. The standard InChI is InChI=1S/C15H23N3/c16-15(17)10-12-18(14-8-9-14)11-4-7-13-5-2-1-3-6-13/h1-3,5-6,14H,4,7-12H2,(H3,16,17). The summed E-state index contributed by atoms with van der Waals surface area (Å²) >= 11 is 0. The van der Waals surface area contributed by atoms with Crippen LogP contribution in [0.2, 0.25) is 0 Å². The summed E-state index contributed by atoms with van der Waals surface area (Å²) < 4.78 is 0. The smallest absolute Gasteiger partial charge is 0.0918 e. The number of nitrogens with zero attached hydrogens (tertiary/aromatic N) is 1. The van der Waals surface area contributed by atoms with E-state index in [4.69, 9.17) is 11.1 Å². The van der Waals surface area contributed by atoms with Crippen LogP contribution in [0.1, 0.15) is 31.2 Å². The van der Waals surface area contributed by atoms with Gasteiger partial charge in [-0.3, -0.25) is 10.3 Å². The minimum Gasteiger partial charge on any atom is -0.388 e.